The monoisotopic (exact) mass is 196 g/mol. The first-order valence-electron chi connectivity index (χ1n) is 3.27. The Morgan fingerprint density at radius 1 is 1.42 bits per heavy atom. The topological polar surface area (TPSA) is 98.0 Å². The normalized spacial score (nSPS) is 18.4. The van der Waals surface area contributed by atoms with Gasteiger partial charge in [0.25, 0.3) is 0 Å². The van der Waals surface area contributed by atoms with Crippen LogP contribution in [0.25, 0.3) is 0 Å². The Morgan fingerprint density at radius 3 is 2.25 bits per heavy atom. The van der Waals surface area contributed by atoms with Gasteiger partial charge in [-0.25, -0.2) is 0 Å². The van der Waals surface area contributed by atoms with Gasteiger partial charge in [-0.15, -0.1) is 0 Å². The first-order valence-corrected chi connectivity index (χ1v) is 4.50. The van der Waals surface area contributed by atoms with Crippen molar-refractivity contribution in [2.75, 3.05) is 12.9 Å². The Morgan fingerprint density at radius 2 is 1.92 bits per heavy atom. The third-order valence-corrected chi connectivity index (χ3v) is 1.99. The van der Waals surface area contributed by atoms with Gasteiger partial charge < -0.3 is 20.4 Å². The molecule has 72 valence electrons. The number of rotatable bonds is 4. The van der Waals surface area contributed by atoms with E-state index in [0.29, 0.717) is 0 Å². The number of carbonyl (C=O) groups excluding carboxylic acids is 1. The van der Waals surface area contributed by atoms with E-state index in [-0.39, 0.29) is 0 Å². The number of hydrogen-bond donors (Lipinski definition) is 4. The summed E-state index contributed by atoms with van der Waals surface area (Å²) in [5, 5.41) is 34.5. The minimum Gasteiger partial charge on any atom is -0.394 e. The van der Waals surface area contributed by atoms with E-state index in [1.165, 1.54) is 6.26 Å². The zero-order chi connectivity index (χ0) is 9.72. The first-order chi connectivity index (χ1) is 5.54. The van der Waals surface area contributed by atoms with Crippen LogP contribution in [0.5, 0.6) is 0 Å². The second-order valence-corrected chi connectivity index (χ2v) is 3.02. The maximum atomic E-state index is 10.7. The maximum Gasteiger partial charge on any atom is 0.219 e. The molecule has 0 aromatic rings. The molecule has 12 heavy (non-hydrogen) atoms. The van der Waals surface area contributed by atoms with Crippen LogP contribution in [0.3, 0.4) is 0 Å². The summed E-state index contributed by atoms with van der Waals surface area (Å²) in [6, 6.07) is 0. The van der Waals surface area contributed by atoms with Crippen LogP contribution in [-0.4, -0.2) is 56.7 Å². The minimum atomic E-state index is -1.65. The summed E-state index contributed by atoms with van der Waals surface area (Å²) in [7, 11) is 0. The van der Waals surface area contributed by atoms with Crippen LogP contribution in [0.2, 0.25) is 0 Å². The predicted octanol–water partition coefficient (Wildman–Crippen LogP) is -2.05. The number of carbonyl (C=O) groups is 1. The smallest absolute Gasteiger partial charge is 0.219 e. The zero-order valence-electron chi connectivity index (χ0n) is 6.54. The maximum absolute atomic E-state index is 10.7. The minimum absolute atomic E-state index is 0.644. The van der Waals surface area contributed by atoms with Gasteiger partial charge in [0.2, 0.25) is 5.12 Å². The van der Waals surface area contributed by atoms with Crippen molar-refractivity contribution in [3.8, 4) is 0 Å². The molecule has 0 aromatic carbocycles. The Labute approximate surface area is 74.0 Å². The van der Waals surface area contributed by atoms with Gasteiger partial charge in [0.1, 0.15) is 12.2 Å². The molecule has 0 amide bonds. The van der Waals surface area contributed by atoms with Gasteiger partial charge in [0, 0.05) is 0 Å². The van der Waals surface area contributed by atoms with Crippen molar-refractivity contribution < 1.29 is 25.2 Å². The van der Waals surface area contributed by atoms with Crippen molar-refractivity contribution >= 4 is 16.9 Å². The van der Waals surface area contributed by atoms with Crippen molar-refractivity contribution in [1.82, 2.24) is 0 Å². The molecule has 0 aliphatic carbocycles. The summed E-state index contributed by atoms with van der Waals surface area (Å²) in [5.41, 5.74) is 0. The van der Waals surface area contributed by atoms with Crippen molar-refractivity contribution in [2.24, 2.45) is 0 Å². The van der Waals surface area contributed by atoms with E-state index < -0.39 is 30.0 Å². The van der Waals surface area contributed by atoms with E-state index in [9.17, 15) is 4.79 Å². The molecule has 6 heteroatoms. The lowest BCUT2D eigenvalue weighted by molar-refractivity contribution is -0.131. The molecule has 0 aliphatic heterocycles. The molecular formula is C6H12O5S. The number of aliphatic hydroxyl groups is 4. The highest BCUT2D eigenvalue weighted by Crippen LogP contribution is 2.07. The van der Waals surface area contributed by atoms with Gasteiger partial charge >= 0.3 is 0 Å². The van der Waals surface area contributed by atoms with Crippen molar-refractivity contribution in [2.45, 2.75) is 18.3 Å². The summed E-state index contributed by atoms with van der Waals surface area (Å²) in [6.07, 6.45) is -3.32. The molecule has 0 radical (unpaired) electrons. The van der Waals surface area contributed by atoms with E-state index in [1.54, 1.807) is 0 Å². The zero-order valence-corrected chi connectivity index (χ0v) is 7.36. The van der Waals surface area contributed by atoms with E-state index in [2.05, 4.69) is 0 Å². The number of aliphatic hydroxyl groups excluding tert-OH is 4. The Balaban J connectivity index is 4.08. The van der Waals surface area contributed by atoms with Crippen LogP contribution < -0.4 is 0 Å². The lowest BCUT2D eigenvalue weighted by atomic mass is 10.1. The molecule has 0 unspecified atom stereocenters. The SMILES string of the molecule is CSC(=O)[C@H](O)[C@H](O)[C@H](O)CO. The Kier molecular flexibility index (Phi) is 5.43. The van der Waals surface area contributed by atoms with Crippen LogP contribution >= 0.6 is 11.8 Å². The molecule has 0 saturated heterocycles. The molecule has 3 atom stereocenters. The molecule has 0 saturated carbocycles. The lowest BCUT2D eigenvalue weighted by Crippen LogP contribution is -2.42. The van der Waals surface area contributed by atoms with Crippen LogP contribution in [0, 0.1) is 0 Å². The Hall–Kier alpha value is -0.140. The average Bonchev–Trinajstić information content (AvgIpc) is 2.12. The number of hydrogen-bond acceptors (Lipinski definition) is 6. The fourth-order valence-corrected chi connectivity index (χ4v) is 0.960. The van der Waals surface area contributed by atoms with Crippen molar-refractivity contribution in [1.29, 1.82) is 0 Å². The largest absolute Gasteiger partial charge is 0.394 e. The average molecular weight is 196 g/mol. The molecule has 5 nitrogen and oxygen atoms in total. The molecule has 0 fully saturated rings. The fourth-order valence-electron chi connectivity index (χ4n) is 0.579. The van der Waals surface area contributed by atoms with E-state index in [1.807, 2.05) is 0 Å². The highest BCUT2D eigenvalue weighted by molar-refractivity contribution is 8.13. The molecule has 0 aromatic heterocycles. The second kappa shape index (κ2) is 5.50. The van der Waals surface area contributed by atoms with Crippen molar-refractivity contribution in [3.63, 3.8) is 0 Å². The first kappa shape index (κ1) is 11.9. The van der Waals surface area contributed by atoms with Gasteiger partial charge in [0.05, 0.1) is 6.61 Å². The standard InChI is InChI=1S/C6H12O5S/c1-12-6(11)5(10)4(9)3(8)2-7/h3-5,7-10H,2H2,1H3/t3-,4-,5-/m1/s1. The Bertz CT molecular complexity index is 151. The van der Waals surface area contributed by atoms with Gasteiger partial charge in [-0.05, 0) is 6.26 Å². The van der Waals surface area contributed by atoms with Crippen molar-refractivity contribution in [3.05, 3.63) is 0 Å². The summed E-state index contributed by atoms with van der Waals surface area (Å²) >= 11 is 0.747. The molecule has 0 rings (SSSR count). The molecule has 0 heterocycles. The quantitative estimate of drug-likeness (QED) is 0.413. The van der Waals surface area contributed by atoms with Crippen LogP contribution in [0.15, 0.2) is 0 Å². The van der Waals surface area contributed by atoms with Crippen LogP contribution in [-0.2, 0) is 4.79 Å². The summed E-state index contributed by atoms with van der Waals surface area (Å²) in [5.74, 6) is 0. The summed E-state index contributed by atoms with van der Waals surface area (Å²) in [6.45, 7) is -0.695. The van der Waals surface area contributed by atoms with Crippen LogP contribution in [0.1, 0.15) is 0 Å². The molecule has 0 bridgehead atoms. The highest BCUT2D eigenvalue weighted by atomic mass is 32.2. The summed E-state index contributed by atoms with van der Waals surface area (Å²) < 4.78 is 0. The van der Waals surface area contributed by atoms with E-state index in [0.717, 1.165) is 11.8 Å². The fraction of sp³-hybridized carbons (Fsp3) is 0.833. The van der Waals surface area contributed by atoms with Crippen LogP contribution in [0.4, 0.5) is 0 Å². The molecule has 0 spiro atoms. The van der Waals surface area contributed by atoms with E-state index >= 15 is 0 Å². The predicted molar refractivity (Wildman–Crippen MR) is 43.6 cm³/mol. The summed E-state index contributed by atoms with van der Waals surface area (Å²) in [4.78, 5) is 10.7. The lowest BCUT2D eigenvalue weighted by Gasteiger charge is -2.19. The third kappa shape index (κ3) is 3.08. The molecule has 4 N–H and O–H groups in total. The van der Waals surface area contributed by atoms with Gasteiger partial charge in [-0.1, -0.05) is 11.8 Å². The molecular weight excluding hydrogens is 184 g/mol. The third-order valence-electron chi connectivity index (χ3n) is 1.35. The van der Waals surface area contributed by atoms with E-state index in [4.69, 9.17) is 20.4 Å². The highest BCUT2D eigenvalue weighted by Gasteiger charge is 2.28. The molecule has 0 aliphatic rings. The van der Waals surface area contributed by atoms with Gasteiger partial charge in [-0.2, -0.15) is 0 Å². The van der Waals surface area contributed by atoms with Gasteiger partial charge in [0.15, 0.2) is 6.10 Å². The number of thioether (sulfide) groups is 1. The second-order valence-electron chi connectivity index (χ2n) is 2.21. The van der Waals surface area contributed by atoms with Gasteiger partial charge in [-0.3, -0.25) is 4.79 Å².